The average molecular weight is 367 g/mol. The summed E-state index contributed by atoms with van der Waals surface area (Å²) in [6.07, 6.45) is 1.91. The number of benzene rings is 2. The number of rotatable bonds is 5. The van der Waals surface area contributed by atoms with Crippen molar-refractivity contribution in [1.82, 2.24) is 10.2 Å². The van der Waals surface area contributed by atoms with Gasteiger partial charge in [-0.1, -0.05) is 36.4 Å². The van der Waals surface area contributed by atoms with E-state index in [-0.39, 0.29) is 18.1 Å². The van der Waals surface area contributed by atoms with Gasteiger partial charge in [0.25, 0.3) is 0 Å². The fraction of sp³-hybridized carbons (Fsp3) is 0.409. The fourth-order valence-electron chi connectivity index (χ4n) is 3.59. The number of urea groups is 1. The van der Waals surface area contributed by atoms with Crippen LogP contribution in [0.1, 0.15) is 31.4 Å². The van der Waals surface area contributed by atoms with E-state index in [0.29, 0.717) is 0 Å². The van der Waals surface area contributed by atoms with Crippen LogP contribution in [0.4, 0.5) is 10.5 Å². The summed E-state index contributed by atoms with van der Waals surface area (Å²) in [5.74, 6) is 0.806. The zero-order valence-electron chi connectivity index (χ0n) is 16.4. The molecule has 1 fully saturated rings. The second-order valence-electron chi connectivity index (χ2n) is 7.08. The van der Waals surface area contributed by atoms with Crippen LogP contribution in [0.3, 0.4) is 0 Å². The second kappa shape index (κ2) is 8.80. The number of nitrogens with zero attached hydrogens (tertiary/aromatic N) is 2. The van der Waals surface area contributed by atoms with E-state index in [0.717, 1.165) is 37.2 Å². The van der Waals surface area contributed by atoms with Crippen LogP contribution in [0.5, 0.6) is 5.75 Å². The number of para-hydroxylation sites is 2. The van der Waals surface area contributed by atoms with E-state index in [4.69, 9.17) is 4.74 Å². The van der Waals surface area contributed by atoms with E-state index < -0.39 is 0 Å². The maximum atomic E-state index is 12.7. The van der Waals surface area contributed by atoms with Gasteiger partial charge in [-0.3, -0.25) is 0 Å². The van der Waals surface area contributed by atoms with Crippen LogP contribution in [-0.4, -0.2) is 44.2 Å². The number of carbonyl (C=O) groups excluding carboxylic acids is 1. The van der Waals surface area contributed by atoms with E-state index in [1.807, 2.05) is 44.3 Å². The maximum absolute atomic E-state index is 12.7. The zero-order chi connectivity index (χ0) is 19.2. The SMILES string of the molecule is COc1ccccc1C(C)N(C)C(=O)NC1CCN(c2ccccc2)CC1. The van der Waals surface area contributed by atoms with Gasteiger partial charge in [-0.25, -0.2) is 4.79 Å². The highest BCUT2D eigenvalue weighted by molar-refractivity contribution is 5.75. The number of amides is 2. The molecule has 2 aromatic carbocycles. The molecule has 1 atom stereocenters. The van der Waals surface area contributed by atoms with E-state index >= 15 is 0 Å². The molecule has 1 aliphatic heterocycles. The highest BCUT2D eigenvalue weighted by atomic mass is 16.5. The van der Waals surface area contributed by atoms with Crippen LogP contribution < -0.4 is 15.0 Å². The Kier molecular flexibility index (Phi) is 6.22. The summed E-state index contributed by atoms with van der Waals surface area (Å²) in [4.78, 5) is 16.9. The van der Waals surface area contributed by atoms with E-state index in [1.54, 1.807) is 12.0 Å². The average Bonchev–Trinajstić information content (AvgIpc) is 2.73. The monoisotopic (exact) mass is 367 g/mol. The summed E-state index contributed by atoms with van der Waals surface area (Å²) in [6, 6.07) is 18.4. The smallest absolute Gasteiger partial charge is 0.317 e. The van der Waals surface area contributed by atoms with Gasteiger partial charge in [0.05, 0.1) is 13.2 Å². The molecule has 1 heterocycles. The molecule has 144 valence electrons. The standard InChI is InChI=1S/C22H29N3O2/c1-17(20-11-7-8-12-21(20)27-3)24(2)22(26)23-18-13-15-25(16-14-18)19-9-5-4-6-10-19/h4-12,17-18H,13-16H2,1-3H3,(H,23,26). The minimum Gasteiger partial charge on any atom is -0.496 e. The lowest BCUT2D eigenvalue weighted by Gasteiger charge is -2.35. The topological polar surface area (TPSA) is 44.8 Å². The molecule has 27 heavy (non-hydrogen) atoms. The summed E-state index contributed by atoms with van der Waals surface area (Å²) in [5.41, 5.74) is 2.26. The molecule has 0 bridgehead atoms. The first kappa shape index (κ1) is 19.1. The summed E-state index contributed by atoms with van der Waals surface area (Å²) in [6.45, 7) is 3.94. The summed E-state index contributed by atoms with van der Waals surface area (Å²) in [7, 11) is 3.50. The number of hydrogen-bond acceptors (Lipinski definition) is 3. The first-order valence-corrected chi connectivity index (χ1v) is 9.56. The summed E-state index contributed by atoms with van der Waals surface area (Å²) < 4.78 is 5.44. The van der Waals surface area contributed by atoms with Crippen LogP contribution in [-0.2, 0) is 0 Å². The first-order chi connectivity index (χ1) is 13.1. The third kappa shape index (κ3) is 4.54. The van der Waals surface area contributed by atoms with Crippen molar-refractivity contribution in [2.45, 2.75) is 31.8 Å². The number of methoxy groups -OCH3 is 1. The van der Waals surface area contributed by atoms with Crippen molar-refractivity contribution in [2.75, 3.05) is 32.1 Å². The van der Waals surface area contributed by atoms with Gasteiger partial charge in [0, 0.05) is 37.4 Å². The van der Waals surface area contributed by atoms with Crippen molar-refractivity contribution in [3.8, 4) is 5.75 Å². The Balaban J connectivity index is 1.54. The molecular weight excluding hydrogens is 338 g/mol. The highest BCUT2D eigenvalue weighted by Gasteiger charge is 2.25. The molecule has 1 unspecified atom stereocenters. The van der Waals surface area contributed by atoms with Crippen molar-refractivity contribution >= 4 is 11.7 Å². The van der Waals surface area contributed by atoms with Crippen LogP contribution >= 0.6 is 0 Å². The number of nitrogens with one attached hydrogen (secondary N) is 1. The Labute approximate surface area is 161 Å². The summed E-state index contributed by atoms with van der Waals surface area (Å²) in [5, 5.41) is 3.20. The van der Waals surface area contributed by atoms with Gasteiger partial charge in [0.15, 0.2) is 0 Å². The first-order valence-electron chi connectivity index (χ1n) is 9.56. The van der Waals surface area contributed by atoms with Gasteiger partial charge in [-0.15, -0.1) is 0 Å². The van der Waals surface area contributed by atoms with Crippen LogP contribution in [0, 0.1) is 0 Å². The Morgan fingerprint density at radius 3 is 2.41 bits per heavy atom. The molecule has 0 aliphatic carbocycles. The van der Waals surface area contributed by atoms with Gasteiger partial charge >= 0.3 is 6.03 Å². The molecule has 2 amide bonds. The molecule has 1 aliphatic rings. The van der Waals surface area contributed by atoms with Gasteiger partial charge in [-0.2, -0.15) is 0 Å². The Hall–Kier alpha value is -2.69. The molecule has 2 aromatic rings. The lowest BCUT2D eigenvalue weighted by Crippen LogP contribution is -2.48. The van der Waals surface area contributed by atoms with Crippen molar-refractivity contribution in [1.29, 1.82) is 0 Å². The quantitative estimate of drug-likeness (QED) is 0.866. The van der Waals surface area contributed by atoms with E-state index in [2.05, 4.69) is 34.5 Å². The van der Waals surface area contributed by atoms with Gasteiger partial charge in [0.2, 0.25) is 0 Å². The maximum Gasteiger partial charge on any atom is 0.317 e. The number of piperidine rings is 1. The largest absolute Gasteiger partial charge is 0.496 e. The lowest BCUT2D eigenvalue weighted by molar-refractivity contribution is 0.187. The van der Waals surface area contributed by atoms with Crippen LogP contribution in [0.2, 0.25) is 0 Å². The molecule has 5 heteroatoms. The minimum atomic E-state index is -0.0643. The van der Waals surface area contributed by atoms with Crippen LogP contribution in [0.15, 0.2) is 54.6 Å². The third-order valence-corrected chi connectivity index (χ3v) is 5.43. The fourth-order valence-corrected chi connectivity index (χ4v) is 3.59. The Morgan fingerprint density at radius 1 is 1.11 bits per heavy atom. The van der Waals surface area contributed by atoms with E-state index in [1.165, 1.54) is 5.69 Å². The number of hydrogen-bond donors (Lipinski definition) is 1. The molecule has 1 saturated heterocycles. The lowest BCUT2D eigenvalue weighted by atomic mass is 10.0. The minimum absolute atomic E-state index is 0.0356. The summed E-state index contributed by atoms with van der Waals surface area (Å²) >= 11 is 0. The number of ether oxygens (including phenoxy) is 1. The molecular formula is C22H29N3O2. The number of carbonyl (C=O) groups is 1. The van der Waals surface area contributed by atoms with Crippen molar-refractivity contribution < 1.29 is 9.53 Å². The predicted molar refractivity (Wildman–Crippen MR) is 109 cm³/mol. The van der Waals surface area contributed by atoms with Crippen molar-refractivity contribution in [3.63, 3.8) is 0 Å². The van der Waals surface area contributed by atoms with Gasteiger partial charge in [-0.05, 0) is 38.0 Å². The van der Waals surface area contributed by atoms with Gasteiger partial charge in [0.1, 0.15) is 5.75 Å². The van der Waals surface area contributed by atoms with Crippen molar-refractivity contribution in [2.24, 2.45) is 0 Å². The predicted octanol–water partition coefficient (Wildman–Crippen LogP) is 4.07. The van der Waals surface area contributed by atoms with E-state index in [9.17, 15) is 4.79 Å². The highest BCUT2D eigenvalue weighted by Crippen LogP contribution is 2.28. The third-order valence-electron chi connectivity index (χ3n) is 5.43. The molecule has 3 rings (SSSR count). The van der Waals surface area contributed by atoms with Gasteiger partial charge < -0.3 is 19.9 Å². The molecule has 0 saturated carbocycles. The second-order valence-corrected chi connectivity index (χ2v) is 7.08. The normalized spacial score (nSPS) is 15.9. The molecule has 5 nitrogen and oxygen atoms in total. The molecule has 0 aromatic heterocycles. The Morgan fingerprint density at radius 2 is 1.74 bits per heavy atom. The van der Waals surface area contributed by atoms with Crippen molar-refractivity contribution in [3.05, 3.63) is 60.2 Å². The number of anilines is 1. The molecule has 1 N–H and O–H groups in total. The molecule has 0 radical (unpaired) electrons. The Bertz CT molecular complexity index is 742. The van der Waals surface area contributed by atoms with Crippen LogP contribution in [0.25, 0.3) is 0 Å². The zero-order valence-corrected chi connectivity index (χ0v) is 16.4. The molecule has 0 spiro atoms.